The molecule has 1 aromatic heterocycles. The third kappa shape index (κ3) is 3.53. The number of nitrogens with zero attached hydrogens (tertiary/aromatic N) is 3. The third-order valence-electron chi connectivity index (χ3n) is 3.04. The lowest BCUT2D eigenvalue weighted by molar-refractivity contribution is -0.136. The Kier molecular flexibility index (Phi) is 4.47. The van der Waals surface area contributed by atoms with Crippen molar-refractivity contribution in [1.29, 1.82) is 0 Å². The standard InChI is InChI=1S/C15H17N3O3/c1-10(2)7-14-13(9-19)16-17-18(14)12-5-3-11(4-6-12)8-15(20)21/h3-6,9-10H,7-8H2,1-2H3,(H,20,21). The second-order valence-corrected chi connectivity index (χ2v) is 5.29. The summed E-state index contributed by atoms with van der Waals surface area (Å²) in [5.74, 6) is -0.500. The van der Waals surface area contributed by atoms with E-state index in [2.05, 4.69) is 24.2 Å². The lowest BCUT2D eigenvalue weighted by atomic mass is 10.1. The van der Waals surface area contributed by atoms with Crippen LogP contribution in [0.2, 0.25) is 0 Å². The first kappa shape index (κ1) is 14.9. The van der Waals surface area contributed by atoms with Crippen molar-refractivity contribution in [3.05, 3.63) is 41.2 Å². The average Bonchev–Trinajstić information content (AvgIpc) is 2.81. The Morgan fingerprint density at radius 3 is 2.52 bits per heavy atom. The van der Waals surface area contributed by atoms with Crippen LogP contribution in [0.4, 0.5) is 0 Å². The number of aldehydes is 1. The fourth-order valence-corrected chi connectivity index (χ4v) is 2.12. The van der Waals surface area contributed by atoms with Gasteiger partial charge in [0.1, 0.15) is 5.69 Å². The zero-order chi connectivity index (χ0) is 15.4. The lowest BCUT2D eigenvalue weighted by Crippen LogP contribution is -2.07. The Morgan fingerprint density at radius 1 is 1.33 bits per heavy atom. The van der Waals surface area contributed by atoms with Crippen LogP contribution in [0, 0.1) is 5.92 Å². The minimum Gasteiger partial charge on any atom is -0.481 e. The summed E-state index contributed by atoms with van der Waals surface area (Å²) in [6.07, 6.45) is 1.38. The second-order valence-electron chi connectivity index (χ2n) is 5.29. The van der Waals surface area contributed by atoms with Gasteiger partial charge in [-0.3, -0.25) is 9.59 Å². The molecule has 0 aliphatic carbocycles. The van der Waals surface area contributed by atoms with E-state index in [0.717, 1.165) is 11.4 Å². The van der Waals surface area contributed by atoms with Gasteiger partial charge in [-0.15, -0.1) is 5.10 Å². The van der Waals surface area contributed by atoms with Gasteiger partial charge in [0, 0.05) is 0 Å². The quantitative estimate of drug-likeness (QED) is 0.820. The van der Waals surface area contributed by atoms with Crippen molar-refractivity contribution in [2.24, 2.45) is 5.92 Å². The summed E-state index contributed by atoms with van der Waals surface area (Å²) >= 11 is 0. The summed E-state index contributed by atoms with van der Waals surface area (Å²) in [5, 5.41) is 16.7. The van der Waals surface area contributed by atoms with Crippen LogP contribution >= 0.6 is 0 Å². The number of benzene rings is 1. The molecule has 21 heavy (non-hydrogen) atoms. The van der Waals surface area contributed by atoms with Crippen molar-refractivity contribution >= 4 is 12.3 Å². The van der Waals surface area contributed by atoms with E-state index in [9.17, 15) is 9.59 Å². The van der Waals surface area contributed by atoms with Crippen LogP contribution in [-0.2, 0) is 17.6 Å². The molecule has 2 aromatic rings. The van der Waals surface area contributed by atoms with Crippen LogP contribution in [0.25, 0.3) is 5.69 Å². The number of carboxylic acids is 1. The molecule has 1 heterocycles. The van der Waals surface area contributed by atoms with E-state index in [1.54, 1.807) is 28.9 Å². The van der Waals surface area contributed by atoms with Crippen molar-refractivity contribution in [3.63, 3.8) is 0 Å². The van der Waals surface area contributed by atoms with E-state index in [0.29, 0.717) is 29.9 Å². The fraction of sp³-hybridized carbons (Fsp3) is 0.333. The van der Waals surface area contributed by atoms with Crippen LogP contribution in [0.5, 0.6) is 0 Å². The van der Waals surface area contributed by atoms with Crippen molar-refractivity contribution < 1.29 is 14.7 Å². The molecule has 2 rings (SSSR count). The molecule has 0 spiro atoms. The number of rotatable bonds is 6. The Morgan fingerprint density at radius 2 is 2.00 bits per heavy atom. The molecule has 0 saturated carbocycles. The Bertz CT molecular complexity index is 645. The number of carbonyl (C=O) groups is 2. The van der Waals surface area contributed by atoms with Gasteiger partial charge >= 0.3 is 5.97 Å². The highest BCUT2D eigenvalue weighted by molar-refractivity contribution is 5.73. The fourth-order valence-electron chi connectivity index (χ4n) is 2.12. The molecule has 0 bridgehead atoms. The predicted molar refractivity (Wildman–Crippen MR) is 76.6 cm³/mol. The number of hydrogen-bond acceptors (Lipinski definition) is 4. The van der Waals surface area contributed by atoms with Gasteiger partial charge in [-0.05, 0) is 30.0 Å². The molecule has 110 valence electrons. The van der Waals surface area contributed by atoms with Crippen LogP contribution < -0.4 is 0 Å². The van der Waals surface area contributed by atoms with Crippen LogP contribution in [0.1, 0.15) is 35.6 Å². The van der Waals surface area contributed by atoms with Crippen molar-refractivity contribution in [1.82, 2.24) is 15.0 Å². The third-order valence-corrected chi connectivity index (χ3v) is 3.04. The van der Waals surface area contributed by atoms with E-state index >= 15 is 0 Å². The van der Waals surface area contributed by atoms with Gasteiger partial charge < -0.3 is 5.11 Å². The molecule has 6 nitrogen and oxygen atoms in total. The number of hydrogen-bond donors (Lipinski definition) is 1. The van der Waals surface area contributed by atoms with Gasteiger partial charge in [0.25, 0.3) is 0 Å². The minimum atomic E-state index is -0.868. The molecule has 0 atom stereocenters. The van der Waals surface area contributed by atoms with Crippen molar-refractivity contribution in [2.75, 3.05) is 0 Å². The molecule has 0 unspecified atom stereocenters. The molecule has 0 amide bonds. The van der Waals surface area contributed by atoms with Gasteiger partial charge in [0.2, 0.25) is 0 Å². The second kappa shape index (κ2) is 6.30. The van der Waals surface area contributed by atoms with Crippen molar-refractivity contribution in [2.45, 2.75) is 26.7 Å². The Balaban J connectivity index is 2.35. The number of carbonyl (C=O) groups excluding carboxylic acids is 1. The SMILES string of the molecule is CC(C)Cc1c(C=O)nnn1-c1ccc(CC(=O)O)cc1. The molecular weight excluding hydrogens is 270 g/mol. The van der Waals surface area contributed by atoms with E-state index in [1.165, 1.54) is 0 Å². The number of carboxylic acid groups (broad SMARTS) is 1. The maximum atomic E-state index is 11.0. The minimum absolute atomic E-state index is 0.0178. The van der Waals surface area contributed by atoms with Gasteiger partial charge in [0.05, 0.1) is 17.8 Å². The van der Waals surface area contributed by atoms with Gasteiger partial charge in [-0.25, -0.2) is 4.68 Å². The molecule has 0 aliphatic rings. The molecule has 0 aliphatic heterocycles. The first-order valence-corrected chi connectivity index (χ1v) is 6.72. The molecule has 6 heteroatoms. The van der Waals surface area contributed by atoms with Gasteiger partial charge in [-0.1, -0.05) is 31.2 Å². The highest BCUT2D eigenvalue weighted by atomic mass is 16.4. The molecule has 0 radical (unpaired) electrons. The summed E-state index contributed by atoms with van der Waals surface area (Å²) in [6.45, 7) is 4.11. The van der Waals surface area contributed by atoms with Crippen LogP contribution in [0.15, 0.2) is 24.3 Å². The number of aliphatic carboxylic acids is 1. The topological polar surface area (TPSA) is 85.1 Å². The average molecular weight is 287 g/mol. The monoisotopic (exact) mass is 287 g/mol. The Labute approximate surface area is 122 Å². The molecule has 1 aromatic carbocycles. The summed E-state index contributed by atoms with van der Waals surface area (Å²) in [7, 11) is 0. The normalized spacial score (nSPS) is 10.8. The van der Waals surface area contributed by atoms with E-state index in [-0.39, 0.29) is 6.42 Å². The van der Waals surface area contributed by atoms with Gasteiger partial charge in [0.15, 0.2) is 6.29 Å². The predicted octanol–water partition coefficient (Wildman–Crippen LogP) is 1.91. The highest BCUT2D eigenvalue weighted by Gasteiger charge is 2.15. The smallest absolute Gasteiger partial charge is 0.307 e. The zero-order valence-electron chi connectivity index (χ0n) is 12.0. The van der Waals surface area contributed by atoms with Crippen LogP contribution in [-0.4, -0.2) is 32.4 Å². The maximum Gasteiger partial charge on any atom is 0.307 e. The summed E-state index contributed by atoms with van der Waals surface area (Å²) < 4.78 is 1.63. The van der Waals surface area contributed by atoms with Crippen molar-refractivity contribution in [3.8, 4) is 5.69 Å². The molecule has 0 saturated heterocycles. The number of aromatic nitrogens is 3. The summed E-state index contributed by atoms with van der Waals surface area (Å²) in [6, 6.07) is 7.05. The van der Waals surface area contributed by atoms with E-state index in [4.69, 9.17) is 5.11 Å². The zero-order valence-corrected chi connectivity index (χ0v) is 12.0. The van der Waals surface area contributed by atoms with E-state index < -0.39 is 5.97 Å². The lowest BCUT2D eigenvalue weighted by Gasteiger charge is -2.09. The molecule has 1 N–H and O–H groups in total. The van der Waals surface area contributed by atoms with E-state index in [1.807, 2.05) is 0 Å². The largest absolute Gasteiger partial charge is 0.481 e. The first-order valence-electron chi connectivity index (χ1n) is 6.72. The summed E-state index contributed by atoms with van der Waals surface area (Å²) in [4.78, 5) is 21.7. The first-order chi connectivity index (χ1) is 10.0. The maximum absolute atomic E-state index is 11.0. The van der Waals surface area contributed by atoms with Gasteiger partial charge in [-0.2, -0.15) is 0 Å². The highest BCUT2D eigenvalue weighted by Crippen LogP contribution is 2.16. The van der Waals surface area contributed by atoms with Crippen LogP contribution in [0.3, 0.4) is 0 Å². The molecular formula is C15H17N3O3. The summed E-state index contributed by atoms with van der Waals surface area (Å²) in [5.41, 5.74) is 2.59. The molecule has 0 fully saturated rings. The Hall–Kier alpha value is -2.50.